The molecule has 0 N–H and O–H groups in total. The van der Waals surface area contributed by atoms with Gasteiger partial charge in [0.1, 0.15) is 5.82 Å². The lowest BCUT2D eigenvalue weighted by atomic mass is 10.1. The van der Waals surface area contributed by atoms with Gasteiger partial charge in [-0.15, -0.1) is 0 Å². The highest BCUT2D eigenvalue weighted by Crippen LogP contribution is 2.29. The lowest BCUT2D eigenvalue weighted by molar-refractivity contribution is 0.0746. The molecular weight excluding hydrogens is 347 g/mol. The summed E-state index contributed by atoms with van der Waals surface area (Å²) in [5.41, 5.74) is 1.57. The van der Waals surface area contributed by atoms with Gasteiger partial charge in [-0.2, -0.15) is 0 Å². The molecule has 1 amide bonds. The van der Waals surface area contributed by atoms with Crippen molar-refractivity contribution in [3.63, 3.8) is 0 Å². The van der Waals surface area contributed by atoms with E-state index in [9.17, 15) is 9.18 Å². The summed E-state index contributed by atoms with van der Waals surface area (Å²) in [5.74, 6) is 0.984. The third kappa shape index (κ3) is 4.51. The Kier molecular flexibility index (Phi) is 6.16. The van der Waals surface area contributed by atoms with Gasteiger partial charge >= 0.3 is 0 Å². The summed E-state index contributed by atoms with van der Waals surface area (Å²) in [4.78, 5) is 16.9. The summed E-state index contributed by atoms with van der Waals surface area (Å²) in [5, 5.41) is 0. The fourth-order valence-electron chi connectivity index (χ4n) is 3.19. The summed E-state index contributed by atoms with van der Waals surface area (Å²) in [6.45, 7) is 7.53. The molecule has 3 rings (SSSR count). The van der Waals surface area contributed by atoms with E-state index < -0.39 is 0 Å². The van der Waals surface area contributed by atoms with Crippen LogP contribution in [0.15, 0.2) is 42.5 Å². The third-order valence-corrected chi connectivity index (χ3v) is 4.55. The molecule has 0 atom stereocenters. The van der Waals surface area contributed by atoms with Gasteiger partial charge in [-0.3, -0.25) is 4.79 Å². The fraction of sp³-hybridized carbons (Fsp3) is 0.381. The highest BCUT2D eigenvalue weighted by molar-refractivity contribution is 5.95. The molecule has 0 aliphatic carbocycles. The van der Waals surface area contributed by atoms with Crippen molar-refractivity contribution < 1.29 is 18.7 Å². The van der Waals surface area contributed by atoms with Gasteiger partial charge in [-0.05, 0) is 56.3 Å². The Morgan fingerprint density at radius 3 is 2.19 bits per heavy atom. The molecule has 1 heterocycles. The van der Waals surface area contributed by atoms with Gasteiger partial charge in [-0.25, -0.2) is 4.39 Å². The predicted octanol–water partition coefficient (Wildman–Crippen LogP) is 3.59. The minimum absolute atomic E-state index is 0.0160. The molecule has 2 aromatic carbocycles. The summed E-state index contributed by atoms with van der Waals surface area (Å²) >= 11 is 0. The number of rotatable bonds is 6. The van der Waals surface area contributed by atoms with Crippen molar-refractivity contribution in [3.8, 4) is 11.5 Å². The molecule has 1 saturated heterocycles. The Morgan fingerprint density at radius 1 is 0.926 bits per heavy atom. The Morgan fingerprint density at radius 2 is 1.56 bits per heavy atom. The smallest absolute Gasteiger partial charge is 0.254 e. The van der Waals surface area contributed by atoms with Gasteiger partial charge in [-0.1, -0.05) is 0 Å². The first-order chi connectivity index (χ1) is 13.1. The van der Waals surface area contributed by atoms with E-state index in [4.69, 9.17) is 9.47 Å². The van der Waals surface area contributed by atoms with Crippen LogP contribution in [0, 0.1) is 5.82 Å². The fourth-order valence-corrected chi connectivity index (χ4v) is 3.19. The quantitative estimate of drug-likeness (QED) is 0.777. The summed E-state index contributed by atoms with van der Waals surface area (Å²) in [6.07, 6.45) is 0. The molecule has 0 saturated carbocycles. The minimum Gasteiger partial charge on any atom is -0.490 e. The van der Waals surface area contributed by atoms with Gasteiger partial charge in [0.2, 0.25) is 0 Å². The first-order valence-corrected chi connectivity index (χ1v) is 9.31. The van der Waals surface area contributed by atoms with E-state index in [1.807, 2.05) is 18.7 Å². The van der Waals surface area contributed by atoms with Crippen LogP contribution in [0.1, 0.15) is 24.2 Å². The van der Waals surface area contributed by atoms with Crippen LogP contribution < -0.4 is 14.4 Å². The highest BCUT2D eigenvalue weighted by Gasteiger charge is 2.23. The summed E-state index contributed by atoms with van der Waals surface area (Å²) < 4.78 is 24.3. The standard InChI is InChI=1S/C21H25FN2O3/c1-3-26-19-10-5-16(15-20(19)27-4-2)21(25)24-13-11-23(12-14-24)18-8-6-17(22)7-9-18/h5-10,15H,3-4,11-14H2,1-2H3. The van der Waals surface area contributed by atoms with Crippen molar-refractivity contribution >= 4 is 11.6 Å². The van der Waals surface area contributed by atoms with Crippen LogP contribution in [0.4, 0.5) is 10.1 Å². The van der Waals surface area contributed by atoms with E-state index >= 15 is 0 Å². The van der Waals surface area contributed by atoms with Gasteiger partial charge < -0.3 is 19.3 Å². The van der Waals surface area contributed by atoms with Crippen molar-refractivity contribution in [3.05, 3.63) is 53.8 Å². The van der Waals surface area contributed by atoms with Gasteiger partial charge in [0.25, 0.3) is 5.91 Å². The molecule has 2 aromatic rings. The molecule has 6 heteroatoms. The molecule has 5 nitrogen and oxygen atoms in total. The third-order valence-electron chi connectivity index (χ3n) is 4.55. The van der Waals surface area contributed by atoms with Crippen LogP contribution in [-0.4, -0.2) is 50.2 Å². The molecule has 0 radical (unpaired) electrons. The number of carbonyl (C=O) groups is 1. The van der Waals surface area contributed by atoms with E-state index in [1.165, 1.54) is 12.1 Å². The molecule has 144 valence electrons. The zero-order valence-corrected chi connectivity index (χ0v) is 15.8. The van der Waals surface area contributed by atoms with Crippen LogP contribution in [-0.2, 0) is 0 Å². The number of benzene rings is 2. The zero-order valence-electron chi connectivity index (χ0n) is 15.8. The molecule has 1 fully saturated rings. The predicted molar refractivity (Wildman–Crippen MR) is 103 cm³/mol. The normalized spacial score (nSPS) is 14.2. The topological polar surface area (TPSA) is 42.0 Å². The van der Waals surface area contributed by atoms with Gasteiger partial charge in [0.05, 0.1) is 13.2 Å². The second kappa shape index (κ2) is 8.75. The number of nitrogens with zero attached hydrogens (tertiary/aromatic N) is 2. The van der Waals surface area contributed by atoms with Crippen molar-refractivity contribution in [1.29, 1.82) is 0 Å². The Labute approximate surface area is 159 Å². The molecule has 0 bridgehead atoms. The van der Waals surface area contributed by atoms with Crippen LogP contribution in [0.25, 0.3) is 0 Å². The maximum Gasteiger partial charge on any atom is 0.254 e. The molecule has 0 spiro atoms. The first kappa shape index (κ1) is 19.0. The zero-order chi connectivity index (χ0) is 19.2. The monoisotopic (exact) mass is 372 g/mol. The van der Waals surface area contributed by atoms with Gasteiger partial charge in [0.15, 0.2) is 11.5 Å². The molecule has 0 unspecified atom stereocenters. The second-order valence-corrected chi connectivity index (χ2v) is 6.28. The van der Waals surface area contributed by atoms with Crippen LogP contribution in [0.3, 0.4) is 0 Å². The van der Waals surface area contributed by atoms with E-state index in [1.54, 1.807) is 30.3 Å². The average molecular weight is 372 g/mol. The van der Waals surface area contributed by atoms with Crippen molar-refractivity contribution in [2.45, 2.75) is 13.8 Å². The number of ether oxygens (including phenoxy) is 2. The van der Waals surface area contributed by atoms with Crippen molar-refractivity contribution in [1.82, 2.24) is 4.90 Å². The molecule has 0 aromatic heterocycles. The van der Waals surface area contributed by atoms with E-state index in [0.29, 0.717) is 56.5 Å². The Balaban J connectivity index is 1.66. The number of carbonyl (C=O) groups excluding carboxylic acids is 1. The first-order valence-electron chi connectivity index (χ1n) is 9.31. The molecular formula is C21H25FN2O3. The SMILES string of the molecule is CCOc1ccc(C(=O)N2CCN(c3ccc(F)cc3)CC2)cc1OCC. The van der Waals surface area contributed by atoms with Crippen molar-refractivity contribution in [2.75, 3.05) is 44.3 Å². The minimum atomic E-state index is -0.242. The number of piperazine rings is 1. The second-order valence-electron chi connectivity index (χ2n) is 6.28. The van der Waals surface area contributed by atoms with Crippen LogP contribution in [0.2, 0.25) is 0 Å². The lowest BCUT2D eigenvalue weighted by Crippen LogP contribution is -2.48. The number of anilines is 1. The van der Waals surface area contributed by atoms with Gasteiger partial charge in [0, 0.05) is 37.4 Å². The summed E-state index contributed by atoms with van der Waals surface area (Å²) in [7, 11) is 0. The van der Waals surface area contributed by atoms with E-state index in [2.05, 4.69) is 4.90 Å². The maximum atomic E-state index is 13.1. The number of hydrogen-bond acceptors (Lipinski definition) is 4. The number of amides is 1. The van der Waals surface area contributed by atoms with Crippen molar-refractivity contribution in [2.24, 2.45) is 0 Å². The average Bonchev–Trinajstić information content (AvgIpc) is 2.70. The number of hydrogen-bond donors (Lipinski definition) is 0. The van der Waals surface area contributed by atoms with E-state index in [-0.39, 0.29) is 11.7 Å². The van der Waals surface area contributed by atoms with Crippen LogP contribution >= 0.6 is 0 Å². The Hall–Kier alpha value is -2.76. The van der Waals surface area contributed by atoms with Crippen LogP contribution in [0.5, 0.6) is 11.5 Å². The molecule has 1 aliphatic rings. The maximum absolute atomic E-state index is 13.1. The highest BCUT2D eigenvalue weighted by atomic mass is 19.1. The largest absolute Gasteiger partial charge is 0.490 e. The molecule has 27 heavy (non-hydrogen) atoms. The lowest BCUT2D eigenvalue weighted by Gasteiger charge is -2.36. The Bertz CT molecular complexity index is 771. The van der Waals surface area contributed by atoms with E-state index in [0.717, 1.165) is 5.69 Å². The number of halogens is 1. The molecule has 1 aliphatic heterocycles. The summed E-state index contributed by atoms with van der Waals surface area (Å²) in [6, 6.07) is 11.8.